The number of hydrogen-bond donors (Lipinski definition) is 2. The van der Waals surface area contributed by atoms with E-state index in [4.69, 9.17) is 10.5 Å². The summed E-state index contributed by atoms with van der Waals surface area (Å²) >= 11 is 0. The third-order valence-corrected chi connectivity index (χ3v) is 7.07. The van der Waals surface area contributed by atoms with Gasteiger partial charge in [0.2, 0.25) is 0 Å². The highest BCUT2D eigenvalue weighted by molar-refractivity contribution is 5.94. The van der Waals surface area contributed by atoms with Gasteiger partial charge in [-0.25, -0.2) is 4.39 Å². The molecule has 0 aliphatic carbocycles. The molecule has 2 aromatic carbocycles. The second kappa shape index (κ2) is 9.40. The predicted molar refractivity (Wildman–Crippen MR) is 134 cm³/mol. The molecule has 2 aliphatic rings. The number of nitrogens with one attached hydrogen (secondary N) is 1. The quantitative estimate of drug-likeness (QED) is 0.517. The molecular weight excluding hydrogens is 461 g/mol. The maximum atomic E-state index is 15.0. The van der Waals surface area contributed by atoms with E-state index in [0.29, 0.717) is 61.9 Å². The van der Waals surface area contributed by atoms with Crippen molar-refractivity contribution >= 4 is 17.5 Å². The fraction of sp³-hybridized carbons (Fsp3) is 0.333. The van der Waals surface area contributed by atoms with Gasteiger partial charge in [-0.2, -0.15) is 0 Å². The van der Waals surface area contributed by atoms with Gasteiger partial charge in [0.05, 0.1) is 13.2 Å². The van der Waals surface area contributed by atoms with E-state index >= 15 is 0 Å². The molecule has 2 aliphatic heterocycles. The summed E-state index contributed by atoms with van der Waals surface area (Å²) in [7, 11) is 3.29. The Kier molecular flexibility index (Phi) is 6.27. The third kappa shape index (κ3) is 4.25. The molecule has 0 saturated carbocycles. The minimum absolute atomic E-state index is 0.144. The summed E-state index contributed by atoms with van der Waals surface area (Å²) in [6.45, 7) is 2.99. The lowest BCUT2D eigenvalue weighted by Gasteiger charge is -2.52. The average molecular weight is 492 g/mol. The standard InChI is InChI=1S/C27H30FN5O3/c1-31(2)26(35)19-5-6-20(22(28)13-19)15-32-11-12-33-23(9-10-24(33)27(32)16-36-17-27)25(34)30-14-18-3-7-21(29)8-4-18/h3-10,13H,11-12,14-17,29H2,1-2H3,(H,30,34). The number of nitrogens with two attached hydrogens (primary N) is 1. The molecule has 1 aromatic heterocycles. The van der Waals surface area contributed by atoms with Crippen molar-refractivity contribution in [2.45, 2.75) is 25.2 Å². The molecule has 1 spiro atoms. The van der Waals surface area contributed by atoms with E-state index in [1.54, 1.807) is 26.2 Å². The minimum Gasteiger partial charge on any atom is -0.399 e. The van der Waals surface area contributed by atoms with E-state index in [9.17, 15) is 14.0 Å². The number of rotatable bonds is 6. The molecule has 3 aromatic rings. The van der Waals surface area contributed by atoms with E-state index in [0.717, 1.165) is 11.3 Å². The first-order valence-electron chi connectivity index (χ1n) is 11.9. The Balaban J connectivity index is 1.33. The summed E-state index contributed by atoms with van der Waals surface area (Å²) in [4.78, 5) is 28.8. The number of carbonyl (C=O) groups is 2. The molecular formula is C27H30FN5O3. The lowest BCUT2D eigenvalue weighted by molar-refractivity contribution is -0.162. The van der Waals surface area contributed by atoms with E-state index in [2.05, 4.69) is 10.2 Å². The maximum absolute atomic E-state index is 15.0. The van der Waals surface area contributed by atoms with Crippen LogP contribution in [-0.4, -0.2) is 60.0 Å². The number of anilines is 1. The molecule has 3 N–H and O–H groups in total. The Labute approximate surface area is 209 Å². The first-order chi connectivity index (χ1) is 17.3. The highest BCUT2D eigenvalue weighted by atomic mass is 19.1. The number of amides is 2. The third-order valence-electron chi connectivity index (χ3n) is 7.07. The summed E-state index contributed by atoms with van der Waals surface area (Å²) < 4.78 is 22.6. The molecule has 9 heteroatoms. The Bertz CT molecular complexity index is 1300. The van der Waals surface area contributed by atoms with Crippen LogP contribution in [0.4, 0.5) is 10.1 Å². The number of nitrogen functional groups attached to an aromatic ring is 1. The van der Waals surface area contributed by atoms with E-state index in [1.165, 1.54) is 11.0 Å². The molecule has 36 heavy (non-hydrogen) atoms. The lowest BCUT2D eigenvalue weighted by Crippen LogP contribution is -2.63. The molecule has 1 saturated heterocycles. The largest absolute Gasteiger partial charge is 0.399 e. The fourth-order valence-corrected chi connectivity index (χ4v) is 4.95. The van der Waals surface area contributed by atoms with Crippen molar-refractivity contribution in [3.63, 3.8) is 0 Å². The molecule has 188 valence electrons. The Morgan fingerprint density at radius 2 is 1.83 bits per heavy atom. The molecule has 1 fully saturated rings. The van der Waals surface area contributed by atoms with Gasteiger partial charge in [-0.3, -0.25) is 14.5 Å². The number of hydrogen-bond acceptors (Lipinski definition) is 5. The van der Waals surface area contributed by atoms with Gasteiger partial charge in [0.1, 0.15) is 17.1 Å². The van der Waals surface area contributed by atoms with Crippen molar-refractivity contribution in [2.75, 3.05) is 39.6 Å². The second-order valence-corrected chi connectivity index (χ2v) is 9.63. The first kappa shape index (κ1) is 24.0. The van der Waals surface area contributed by atoms with Crippen LogP contribution >= 0.6 is 0 Å². The smallest absolute Gasteiger partial charge is 0.268 e. The minimum atomic E-state index is -0.418. The van der Waals surface area contributed by atoms with E-state index in [1.807, 2.05) is 41.0 Å². The molecule has 0 atom stereocenters. The Morgan fingerprint density at radius 1 is 1.08 bits per heavy atom. The first-order valence-corrected chi connectivity index (χ1v) is 11.9. The molecule has 0 radical (unpaired) electrons. The normalized spacial score (nSPS) is 16.3. The maximum Gasteiger partial charge on any atom is 0.268 e. The van der Waals surface area contributed by atoms with Gasteiger partial charge in [-0.15, -0.1) is 0 Å². The van der Waals surface area contributed by atoms with Crippen LogP contribution in [0.5, 0.6) is 0 Å². The van der Waals surface area contributed by atoms with Gasteiger partial charge in [0.15, 0.2) is 0 Å². The highest BCUT2D eigenvalue weighted by Gasteiger charge is 2.50. The van der Waals surface area contributed by atoms with Crippen LogP contribution in [0.15, 0.2) is 54.6 Å². The van der Waals surface area contributed by atoms with Crippen molar-refractivity contribution in [3.05, 3.63) is 88.5 Å². The van der Waals surface area contributed by atoms with Crippen molar-refractivity contribution in [3.8, 4) is 0 Å². The van der Waals surface area contributed by atoms with Gasteiger partial charge in [0.25, 0.3) is 11.8 Å². The van der Waals surface area contributed by atoms with E-state index < -0.39 is 11.4 Å². The van der Waals surface area contributed by atoms with Gasteiger partial charge in [-0.1, -0.05) is 18.2 Å². The number of halogens is 1. The predicted octanol–water partition coefficient (Wildman–Crippen LogP) is 2.58. The number of fused-ring (bicyclic) bond motifs is 2. The lowest BCUT2D eigenvalue weighted by atomic mass is 9.88. The van der Waals surface area contributed by atoms with Crippen molar-refractivity contribution in [2.24, 2.45) is 0 Å². The highest BCUT2D eigenvalue weighted by Crippen LogP contribution is 2.41. The Hall–Kier alpha value is -3.69. The van der Waals surface area contributed by atoms with Crippen molar-refractivity contribution < 1.29 is 18.7 Å². The Morgan fingerprint density at radius 3 is 2.47 bits per heavy atom. The van der Waals surface area contributed by atoms with Gasteiger partial charge < -0.3 is 25.3 Å². The summed E-state index contributed by atoms with van der Waals surface area (Å²) in [6, 6.07) is 15.9. The zero-order valence-corrected chi connectivity index (χ0v) is 20.5. The summed E-state index contributed by atoms with van der Waals surface area (Å²) in [5.41, 5.74) is 9.42. The summed E-state index contributed by atoms with van der Waals surface area (Å²) in [5, 5.41) is 2.99. The van der Waals surface area contributed by atoms with Crippen LogP contribution in [0.1, 0.15) is 37.7 Å². The number of benzene rings is 2. The molecule has 0 bridgehead atoms. The molecule has 8 nitrogen and oxygen atoms in total. The molecule has 5 rings (SSSR count). The van der Waals surface area contributed by atoms with Crippen LogP contribution in [0.2, 0.25) is 0 Å². The van der Waals surface area contributed by atoms with E-state index in [-0.39, 0.29) is 11.8 Å². The van der Waals surface area contributed by atoms with Crippen LogP contribution in [0.3, 0.4) is 0 Å². The van der Waals surface area contributed by atoms with Gasteiger partial charge >= 0.3 is 0 Å². The zero-order valence-electron chi connectivity index (χ0n) is 20.5. The number of ether oxygens (including phenoxy) is 1. The SMILES string of the molecule is CN(C)C(=O)c1ccc(CN2CCn3c(C(=O)NCc4ccc(N)cc4)ccc3C23COC3)c(F)c1. The molecule has 3 heterocycles. The van der Waals surface area contributed by atoms with Crippen LogP contribution in [0.25, 0.3) is 0 Å². The van der Waals surface area contributed by atoms with Crippen LogP contribution in [-0.2, 0) is 29.9 Å². The zero-order chi connectivity index (χ0) is 25.4. The second-order valence-electron chi connectivity index (χ2n) is 9.63. The number of carbonyl (C=O) groups excluding carboxylic acids is 2. The fourth-order valence-electron chi connectivity index (χ4n) is 4.95. The van der Waals surface area contributed by atoms with Crippen molar-refractivity contribution in [1.29, 1.82) is 0 Å². The number of nitrogens with zero attached hydrogens (tertiary/aromatic N) is 3. The molecule has 2 amide bonds. The monoisotopic (exact) mass is 491 g/mol. The average Bonchev–Trinajstić information content (AvgIpc) is 3.27. The van der Waals surface area contributed by atoms with Gasteiger partial charge in [-0.05, 0) is 42.0 Å². The number of aromatic nitrogens is 1. The topological polar surface area (TPSA) is 92.8 Å². The summed E-state index contributed by atoms with van der Waals surface area (Å²) in [5.74, 6) is -0.779. The van der Waals surface area contributed by atoms with Gasteiger partial charge in [0, 0.05) is 62.8 Å². The molecule has 0 unspecified atom stereocenters. The summed E-state index contributed by atoms with van der Waals surface area (Å²) in [6.07, 6.45) is 0. The van der Waals surface area contributed by atoms with Crippen LogP contribution < -0.4 is 11.1 Å². The van der Waals surface area contributed by atoms with Crippen molar-refractivity contribution in [1.82, 2.24) is 19.7 Å². The van der Waals surface area contributed by atoms with Crippen LogP contribution in [0, 0.1) is 5.82 Å².